The highest BCUT2D eigenvalue weighted by molar-refractivity contribution is 7.99. The van der Waals surface area contributed by atoms with Gasteiger partial charge in [0.05, 0.1) is 11.6 Å². The van der Waals surface area contributed by atoms with Crippen LogP contribution in [0.2, 0.25) is 0 Å². The van der Waals surface area contributed by atoms with Crippen LogP contribution in [0.1, 0.15) is 31.4 Å². The van der Waals surface area contributed by atoms with Crippen LogP contribution in [0.25, 0.3) is 0 Å². The van der Waals surface area contributed by atoms with E-state index in [1.165, 1.54) is 11.8 Å². The normalized spacial score (nSPS) is 25.6. The lowest BCUT2D eigenvalue weighted by molar-refractivity contribution is -0.142. The lowest BCUT2D eigenvalue weighted by Crippen LogP contribution is -2.29. The molecule has 5 heteroatoms. The Hall–Kier alpha value is -0.970. The minimum absolute atomic E-state index is 0.101. The molecule has 1 heterocycles. The van der Waals surface area contributed by atoms with E-state index in [2.05, 4.69) is 4.98 Å². The maximum atomic E-state index is 11.1. The summed E-state index contributed by atoms with van der Waals surface area (Å²) in [4.78, 5) is 15.3. The molecule has 1 aromatic rings. The van der Waals surface area contributed by atoms with Crippen molar-refractivity contribution in [1.29, 1.82) is 0 Å². The van der Waals surface area contributed by atoms with Crippen LogP contribution in [0, 0.1) is 12.8 Å². The van der Waals surface area contributed by atoms with Crippen molar-refractivity contribution in [3.63, 3.8) is 0 Å². The quantitative estimate of drug-likeness (QED) is 0.881. The van der Waals surface area contributed by atoms with Crippen molar-refractivity contribution in [3.8, 4) is 0 Å². The van der Waals surface area contributed by atoms with Gasteiger partial charge in [-0.05, 0) is 19.8 Å². The Bertz CT molecular complexity index is 377. The summed E-state index contributed by atoms with van der Waals surface area (Å²) in [6.07, 6.45) is 5.41. The van der Waals surface area contributed by atoms with Gasteiger partial charge in [-0.15, -0.1) is 0 Å². The third kappa shape index (κ3) is 2.58. The lowest BCUT2D eigenvalue weighted by atomic mass is 9.89. The number of thioether (sulfide) groups is 1. The van der Waals surface area contributed by atoms with Gasteiger partial charge in [-0.1, -0.05) is 24.6 Å². The molecular formula is C11H15NO3S. The van der Waals surface area contributed by atoms with E-state index in [-0.39, 0.29) is 11.2 Å². The predicted octanol–water partition coefficient (Wildman–Crippen LogP) is 2.72. The number of rotatable bonds is 3. The highest BCUT2D eigenvalue weighted by Gasteiger charge is 2.32. The van der Waals surface area contributed by atoms with Gasteiger partial charge in [0, 0.05) is 5.25 Å². The highest BCUT2D eigenvalue weighted by Crippen LogP contribution is 2.37. The Morgan fingerprint density at radius 3 is 2.94 bits per heavy atom. The van der Waals surface area contributed by atoms with Gasteiger partial charge < -0.3 is 9.52 Å². The molecule has 1 aromatic heterocycles. The second kappa shape index (κ2) is 4.91. The topological polar surface area (TPSA) is 63.3 Å². The molecule has 1 N–H and O–H groups in total. The second-order valence-electron chi connectivity index (χ2n) is 4.14. The van der Waals surface area contributed by atoms with Gasteiger partial charge in [0.25, 0.3) is 5.22 Å². The van der Waals surface area contributed by atoms with E-state index in [9.17, 15) is 4.79 Å². The third-order valence-electron chi connectivity index (χ3n) is 2.87. The van der Waals surface area contributed by atoms with Crippen molar-refractivity contribution >= 4 is 17.7 Å². The van der Waals surface area contributed by atoms with E-state index in [4.69, 9.17) is 9.52 Å². The van der Waals surface area contributed by atoms with E-state index >= 15 is 0 Å². The molecule has 88 valence electrons. The van der Waals surface area contributed by atoms with Crippen LogP contribution < -0.4 is 0 Å². The smallest absolute Gasteiger partial charge is 0.307 e. The number of aromatic nitrogens is 1. The zero-order valence-electron chi connectivity index (χ0n) is 9.18. The van der Waals surface area contributed by atoms with E-state index in [0.29, 0.717) is 5.22 Å². The number of carbonyl (C=O) groups is 1. The fourth-order valence-corrected chi connectivity index (χ4v) is 3.30. The molecule has 1 aliphatic carbocycles. The first-order valence-electron chi connectivity index (χ1n) is 5.48. The summed E-state index contributed by atoms with van der Waals surface area (Å²) in [6, 6.07) is 0. The molecule has 1 fully saturated rings. The number of carboxylic acid groups (broad SMARTS) is 1. The number of hydrogen-bond donors (Lipinski definition) is 1. The lowest BCUT2D eigenvalue weighted by Gasteiger charge is -2.26. The van der Waals surface area contributed by atoms with E-state index in [1.54, 1.807) is 6.26 Å². The van der Waals surface area contributed by atoms with Crippen molar-refractivity contribution in [2.75, 3.05) is 0 Å². The Morgan fingerprint density at radius 2 is 2.31 bits per heavy atom. The summed E-state index contributed by atoms with van der Waals surface area (Å²) in [5, 5.41) is 9.82. The number of aliphatic carboxylic acids is 1. The summed E-state index contributed by atoms with van der Waals surface area (Å²) in [5.74, 6) is -0.952. The first kappa shape index (κ1) is 11.5. The number of aryl methyl sites for hydroxylation is 1. The van der Waals surface area contributed by atoms with Crippen molar-refractivity contribution in [1.82, 2.24) is 4.98 Å². The van der Waals surface area contributed by atoms with Crippen molar-refractivity contribution in [3.05, 3.63) is 12.0 Å². The molecule has 0 aliphatic heterocycles. The molecule has 0 amide bonds. The number of oxazole rings is 1. The Kier molecular flexibility index (Phi) is 3.53. The molecular weight excluding hydrogens is 226 g/mol. The summed E-state index contributed by atoms with van der Waals surface area (Å²) >= 11 is 1.46. The van der Waals surface area contributed by atoms with E-state index in [1.807, 2.05) is 6.92 Å². The molecule has 0 aromatic carbocycles. The zero-order valence-corrected chi connectivity index (χ0v) is 10.00. The van der Waals surface area contributed by atoms with Crippen LogP contribution in [-0.4, -0.2) is 21.3 Å². The Balaban J connectivity index is 2.03. The molecule has 2 unspecified atom stereocenters. The Labute approximate surface area is 98.4 Å². The Morgan fingerprint density at radius 1 is 1.56 bits per heavy atom. The number of carboxylic acids is 1. The minimum Gasteiger partial charge on any atom is -0.481 e. The summed E-state index contributed by atoms with van der Waals surface area (Å²) in [7, 11) is 0. The highest BCUT2D eigenvalue weighted by atomic mass is 32.2. The predicted molar refractivity (Wildman–Crippen MR) is 60.5 cm³/mol. The molecule has 0 bridgehead atoms. The average molecular weight is 241 g/mol. The van der Waals surface area contributed by atoms with Crippen LogP contribution in [0.4, 0.5) is 0 Å². The fraction of sp³-hybridized carbons (Fsp3) is 0.636. The first-order chi connectivity index (χ1) is 7.66. The molecule has 0 saturated heterocycles. The molecule has 1 saturated carbocycles. The molecule has 1 aliphatic rings. The van der Waals surface area contributed by atoms with Crippen LogP contribution in [0.15, 0.2) is 15.9 Å². The second-order valence-corrected chi connectivity index (χ2v) is 5.33. The molecule has 2 atom stereocenters. The number of hydrogen-bond acceptors (Lipinski definition) is 4. The van der Waals surface area contributed by atoms with E-state index < -0.39 is 5.97 Å². The minimum atomic E-state index is -0.694. The van der Waals surface area contributed by atoms with Gasteiger partial charge in [0.15, 0.2) is 0 Å². The van der Waals surface area contributed by atoms with Gasteiger partial charge in [0.1, 0.15) is 6.26 Å². The maximum absolute atomic E-state index is 11.1. The van der Waals surface area contributed by atoms with Gasteiger partial charge in [-0.2, -0.15) is 0 Å². The van der Waals surface area contributed by atoms with Crippen molar-refractivity contribution < 1.29 is 14.3 Å². The first-order valence-corrected chi connectivity index (χ1v) is 6.36. The summed E-state index contributed by atoms with van der Waals surface area (Å²) in [5.41, 5.74) is 0.838. The van der Waals surface area contributed by atoms with Crippen LogP contribution >= 0.6 is 11.8 Å². The zero-order chi connectivity index (χ0) is 11.5. The average Bonchev–Trinajstić information content (AvgIpc) is 2.64. The molecule has 0 spiro atoms. The molecule has 16 heavy (non-hydrogen) atoms. The monoisotopic (exact) mass is 241 g/mol. The number of nitrogens with zero attached hydrogens (tertiary/aromatic N) is 1. The third-order valence-corrected chi connectivity index (χ3v) is 4.13. The summed E-state index contributed by atoms with van der Waals surface area (Å²) < 4.78 is 5.25. The van der Waals surface area contributed by atoms with Crippen LogP contribution in [-0.2, 0) is 4.79 Å². The largest absolute Gasteiger partial charge is 0.481 e. The molecule has 2 rings (SSSR count). The standard InChI is InChI=1S/C11H15NO3S/c1-7-6-15-11(12-7)16-9-5-3-2-4-8(9)10(13)14/h6,8-9H,2-5H2,1H3,(H,13,14). The van der Waals surface area contributed by atoms with Crippen LogP contribution in [0.5, 0.6) is 0 Å². The molecule has 4 nitrogen and oxygen atoms in total. The molecule has 0 radical (unpaired) electrons. The van der Waals surface area contributed by atoms with Gasteiger partial charge in [-0.25, -0.2) is 4.98 Å². The summed E-state index contributed by atoms with van der Waals surface area (Å²) in [6.45, 7) is 1.86. The van der Waals surface area contributed by atoms with Crippen molar-refractivity contribution in [2.24, 2.45) is 5.92 Å². The van der Waals surface area contributed by atoms with Gasteiger partial charge >= 0.3 is 5.97 Å². The van der Waals surface area contributed by atoms with Gasteiger partial charge in [0.2, 0.25) is 0 Å². The van der Waals surface area contributed by atoms with Crippen LogP contribution in [0.3, 0.4) is 0 Å². The fourth-order valence-electron chi connectivity index (χ4n) is 2.04. The maximum Gasteiger partial charge on any atom is 0.307 e. The SMILES string of the molecule is Cc1coc(SC2CCCCC2C(=O)O)n1. The van der Waals surface area contributed by atoms with Crippen molar-refractivity contribution in [2.45, 2.75) is 43.1 Å². The van der Waals surface area contributed by atoms with E-state index in [0.717, 1.165) is 31.4 Å². The van der Waals surface area contributed by atoms with Gasteiger partial charge in [-0.3, -0.25) is 4.79 Å².